The number of rotatable bonds is 6. The van der Waals surface area contributed by atoms with E-state index in [1.165, 1.54) is 0 Å². The number of nitrogens with zero attached hydrogens (tertiary/aromatic N) is 2. The predicted molar refractivity (Wildman–Crippen MR) is 74.6 cm³/mol. The van der Waals surface area contributed by atoms with Gasteiger partial charge in [-0.05, 0) is 23.8 Å². The Kier molecular flexibility index (Phi) is 4.29. The van der Waals surface area contributed by atoms with Crippen LogP contribution in [-0.4, -0.2) is 28.2 Å². The first-order valence-electron chi connectivity index (χ1n) is 5.81. The minimum atomic E-state index is 0.204. The Morgan fingerprint density at radius 2 is 2.33 bits per heavy atom. The molecule has 1 unspecified atom stereocenters. The SMILES string of the molecule is CC(CCO)CNc1nc(NN)nc2sccc12. The lowest BCUT2D eigenvalue weighted by molar-refractivity contribution is 0.266. The van der Waals surface area contributed by atoms with Gasteiger partial charge in [0.2, 0.25) is 5.95 Å². The molecule has 5 N–H and O–H groups in total. The lowest BCUT2D eigenvalue weighted by atomic mass is 10.1. The summed E-state index contributed by atoms with van der Waals surface area (Å²) in [6, 6.07) is 1.99. The first kappa shape index (κ1) is 13.0. The molecule has 18 heavy (non-hydrogen) atoms. The molecule has 0 aliphatic carbocycles. The van der Waals surface area contributed by atoms with Crippen molar-refractivity contribution in [3.05, 3.63) is 11.4 Å². The van der Waals surface area contributed by atoms with Crippen molar-refractivity contribution in [2.45, 2.75) is 13.3 Å². The molecule has 2 aromatic heterocycles. The summed E-state index contributed by atoms with van der Waals surface area (Å²) in [6.07, 6.45) is 0.771. The number of nitrogen functional groups attached to an aromatic ring is 1. The number of aromatic nitrogens is 2. The van der Waals surface area contributed by atoms with Gasteiger partial charge in [-0.1, -0.05) is 6.92 Å². The maximum absolute atomic E-state index is 8.88. The Balaban J connectivity index is 2.18. The van der Waals surface area contributed by atoms with Crippen LogP contribution >= 0.6 is 11.3 Å². The molecule has 2 aromatic rings. The van der Waals surface area contributed by atoms with Gasteiger partial charge in [0.05, 0.1) is 5.39 Å². The maximum Gasteiger partial charge on any atom is 0.240 e. The molecule has 2 heterocycles. The number of aliphatic hydroxyl groups is 1. The Bertz CT molecular complexity index is 515. The summed E-state index contributed by atoms with van der Waals surface area (Å²) in [4.78, 5) is 9.48. The van der Waals surface area contributed by atoms with Crippen LogP contribution in [0.2, 0.25) is 0 Å². The number of nitrogens with two attached hydrogens (primary N) is 1. The van der Waals surface area contributed by atoms with Crippen LogP contribution < -0.4 is 16.6 Å². The van der Waals surface area contributed by atoms with Crippen molar-refractivity contribution in [2.24, 2.45) is 11.8 Å². The second-order valence-electron chi connectivity index (χ2n) is 4.18. The molecule has 0 radical (unpaired) electrons. The summed E-state index contributed by atoms with van der Waals surface area (Å²) < 4.78 is 0. The average molecular weight is 267 g/mol. The molecule has 0 saturated heterocycles. The Morgan fingerprint density at radius 1 is 1.50 bits per heavy atom. The van der Waals surface area contributed by atoms with E-state index in [-0.39, 0.29) is 6.61 Å². The smallest absolute Gasteiger partial charge is 0.240 e. The highest BCUT2D eigenvalue weighted by atomic mass is 32.1. The third-order valence-electron chi connectivity index (χ3n) is 2.69. The first-order valence-corrected chi connectivity index (χ1v) is 6.69. The molecule has 0 aromatic carbocycles. The summed E-state index contributed by atoms with van der Waals surface area (Å²) in [5.41, 5.74) is 2.47. The van der Waals surface area contributed by atoms with Crippen LogP contribution in [0.1, 0.15) is 13.3 Å². The van der Waals surface area contributed by atoms with Gasteiger partial charge >= 0.3 is 0 Å². The van der Waals surface area contributed by atoms with Crippen molar-refractivity contribution in [1.29, 1.82) is 0 Å². The van der Waals surface area contributed by atoms with Gasteiger partial charge in [0, 0.05) is 13.2 Å². The van der Waals surface area contributed by atoms with E-state index in [2.05, 4.69) is 27.6 Å². The van der Waals surface area contributed by atoms with E-state index in [1.54, 1.807) is 11.3 Å². The highest BCUT2D eigenvalue weighted by molar-refractivity contribution is 7.16. The van der Waals surface area contributed by atoms with Gasteiger partial charge in [-0.2, -0.15) is 4.98 Å². The molecule has 0 saturated carbocycles. The lowest BCUT2D eigenvalue weighted by Crippen LogP contribution is -2.15. The second-order valence-corrected chi connectivity index (χ2v) is 5.07. The predicted octanol–water partition coefficient (Wildman–Crippen LogP) is 1.41. The largest absolute Gasteiger partial charge is 0.396 e. The minimum absolute atomic E-state index is 0.204. The number of hydrazine groups is 1. The van der Waals surface area contributed by atoms with Crippen LogP contribution in [0, 0.1) is 5.92 Å². The molecule has 2 rings (SSSR count). The van der Waals surface area contributed by atoms with Crippen LogP contribution in [-0.2, 0) is 0 Å². The average Bonchev–Trinajstić information content (AvgIpc) is 2.84. The van der Waals surface area contributed by atoms with E-state index in [0.717, 1.165) is 29.0 Å². The highest BCUT2D eigenvalue weighted by Crippen LogP contribution is 2.26. The molecule has 6 nitrogen and oxygen atoms in total. The van der Waals surface area contributed by atoms with Crippen LogP contribution in [0.15, 0.2) is 11.4 Å². The fraction of sp³-hybridized carbons (Fsp3) is 0.455. The number of nitrogens with one attached hydrogen (secondary N) is 2. The zero-order chi connectivity index (χ0) is 13.0. The monoisotopic (exact) mass is 267 g/mol. The van der Waals surface area contributed by atoms with Gasteiger partial charge < -0.3 is 10.4 Å². The number of fused-ring (bicyclic) bond motifs is 1. The molecule has 0 aliphatic rings. The molecular weight excluding hydrogens is 250 g/mol. The molecular formula is C11H17N5OS. The van der Waals surface area contributed by atoms with Gasteiger partial charge in [-0.3, -0.25) is 5.43 Å². The molecule has 98 valence electrons. The molecule has 0 amide bonds. The number of aliphatic hydroxyl groups excluding tert-OH is 1. The van der Waals surface area contributed by atoms with E-state index in [0.29, 0.717) is 11.9 Å². The van der Waals surface area contributed by atoms with E-state index in [4.69, 9.17) is 10.9 Å². The Morgan fingerprint density at radius 3 is 3.06 bits per heavy atom. The van der Waals surface area contributed by atoms with E-state index >= 15 is 0 Å². The fourth-order valence-corrected chi connectivity index (χ4v) is 2.41. The fourth-order valence-electron chi connectivity index (χ4n) is 1.65. The molecule has 1 atom stereocenters. The number of hydrogen-bond acceptors (Lipinski definition) is 7. The third kappa shape index (κ3) is 2.87. The maximum atomic E-state index is 8.88. The molecule has 0 bridgehead atoms. The Labute approximate surface area is 109 Å². The highest BCUT2D eigenvalue weighted by Gasteiger charge is 2.09. The quantitative estimate of drug-likeness (QED) is 0.467. The molecule has 7 heteroatoms. The van der Waals surface area contributed by atoms with Crippen LogP contribution in [0.25, 0.3) is 10.2 Å². The third-order valence-corrected chi connectivity index (χ3v) is 3.50. The van der Waals surface area contributed by atoms with Crippen LogP contribution in [0.3, 0.4) is 0 Å². The van der Waals surface area contributed by atoms with Crippen molar-refractivity contribution in [3.8, 4) is 0 Å². The normalized spacial score (nSPS) is 12.6. The van der Waals surface area contributed by atoms with E-state index < -0.39 is 0 Å². The number of hydrogen-bond donors (Lipinski definition) is 4. The molecule has 0 spiro atoms. The van der Waals surface area contributed by atoms with Gasteiger partial charge in [0.15, 0.2) is 0 Å². The van der Waals surface area contributed by atoms with E-state index in [9.17, 15) is 0 Å². The number of thiophene rings is 1. The standard InChI is InChI=1S/C11H17N5OS/c1-7(2-4-17)6-13-9-8-3-5-18-10(8)15-11(14-9)16-12/h3,5,7,17H,2,4,6,12H2,1H3,(H2,13,14,15,16). The van der Waals surface area contributed by atoms with Crippen molar-refractivity contribution < 1.29 is 5.11 Å². The van der Waals surface area contributed by atoms with Crippen molar-refractivity contribution in [2.75, 3.05) is 23.9 Å². The van der Waals surface area contributed by atoms with Crippen molar-refractivity contribution in [3.63, 3.8) is 0 Å². The van der Waals surface area contributed by atoms with Gasteiger partial charge in [-0.25, -0.2) is 10.8 Å². The van der Waals surface area contributed by atoms with Gasteiger partial charge in [-0.15, -0.1) is 11.3 Å². The van der Waals surface area contributed by atoms with Crippen LogP contribution in [0.5, 0.6) is 0 Å². The summed E-state index contributed by atoms with van der Waals surface area (Å²) >= 11 is 1.55. The number of anilines is 2. The summed E-state index contributed by atoms with van der Waals surface area (Å²) in [6.45, 7) is 3.04. The summed E-state index contributed by atoms with van der Waals surface area (Å²) in [7, 11) is 0. The Hall–Kier alpha value is -1.44. The molecule has 0 fully saturated rings. The molecule has 0 aliphatic heterocycles. The minimum Gasteiger partial charge on any atom is -0.396 e. The van der Waals surface area contributed by atoms with Gasteiger partial charge in [0.25, 0.3) is 0 Å². The topological polar surface area (TPSA) is 96.1 Å². The van der Waals surface area contributed by atoms with Crippen molar-refractivity contribution >= 4 is 33.3 Å². The van der Waals surface area contributed by atoms with Crippen molar-refractivity contribution in [1.82, 2.24) is 9.97 Å². The zero-order valence-corrected chi connectivity index (χ0v) is 11.0. The second kappa shape index (κ2) is 5.94. The van der Waals surface area contributed by atoms with E-state index in [1.807, 2.05) is 11.4 Å². The lowest BCUT2D eigenvalue weighted by Gasteiger charge is -2.12. The summed E-state index contributed by atoms with van der Waals surface area (Å²) in [5.74, 6) is 6.92. The van der Waals surface area contributed by atoms with Gasteiger partial charge in [0.1, 0.15) is 10.6 Å². The van der Waals surface area contributed by atoms with Crippen LogP contribution in [0.4, 0.5) is 11.8 Å². The zero-order valence-electron chi connectivity index (χ0n) is 10.2. The first-order chi connectivity index (χ1) is 8.74. The summed E-state index contributed by atoms with van der Waals surface area (Å²) in [5, 5.41) is 15.1.